The maximum atomic E-state index is 10.5. The number of unbranched alkanes of at least 4 members (excludes halogenated alkanes) is 1. The highest BCUT2D eigenvalue weighted by Crippen LogP contribution is 1.92. The molecule has 2 N–H and O–H groups in total. The molecule has 0 aromatic heterocycles. The van der Waals surface area contributed by atoms with E-state index in [2.05, 4.69) is 6.92 Å². The van der Waals surface area contributed by atoms with Crippen molar-refractivity contribution in [3.63, 3.8) is 0 Å². The number of rotatable bonds is 7. The Kier molecular flexibility index (Phi) is 7.01. The highest BCUT2D eigenvalue weighted by molar-refractivity contribution is 5.90. The zero-order valence-corrected chi connectivity index (χ0v) is 8.21. The van der Waals surface area contributed by atoms with Crippen LogP contribution in [0.25, 0.3) is 0 Å². The largest absolute Gasteiger partial charge is 0.475 e. The Bertz CT molecular complexity index is 178. The van der Waals surface area contributed by atoms with Gasteiger partial charge in [-0.25, -0.2) is 0 Å². The Balaban J connectivity index is 3.34. The first-order valence-corrected chi connectivity index (χ1v) is 4.34. The van der Waals surface area contributed by atoms with Gasteiger partial charge >= 0.3 is 0 Å². The van der Waals surface area contributed by atoms with Crippen molar-refractivity contribution < 1.29 is 14.3 Å². The van der Waals surface area contributed by atoms with E-state index in [1.807, 2.05) is 0 Å². The monoisotopic (exact) mass is 187 g/mol. The molecular formula is C9H17NO3. The fourth-order valence-electron chi connectivity index (χ4n) is 0.571. The highest BCUT2D eigenvalue weighted by Gasteiger charge is 1.95. The van der Waals surface area contributed by atoms with Gasteiger partial charge in [-0.3, -0.25) is 4.79 Å². The smallest absolute Gasteiger partial charge is 0.247 e. The van der Waals surface area contributed by atoms with Crippen LogP contribution in [0.3, 0.4) is 0 Å². The van der Waals surface area contributed by atoms with E-state index in [0.717, 1.165) is 12.8 Å². The van der Waals surface area contributed by atoms with Crippen molar-refractivity contribution in [2.24, 2.45) is 5.73 Å². The van der Waals surface area contributed by atoms with Crippen LogP contribution in [0.4, 0.5) is 0 Å². The SMILES string of the molecule is CCCCOCOC=C(C)C(N)=O. The molecule has 0 aromatic rings. The summed E-state index contributed by atoms with van der Waals surface area (Å²) >= 11 is 0. The van der Waals surface area contributed by atoms with E-state index in [1.165, 1.54) is 6.26 Å². The van der Waals surface area contributed by atoms with Gasteiger partial charge in [0.25, 0.3) is 0 Å². The van der Waals surface area contributed by atoms with Crippen molar-refractivity contribution in [2.75, 3.05) is 13.4 Å². The molecule has 76 valence electrons. The van der Waals surface area contributed by atoms with E-state index in [4.69, 9.17) is 15.2 Å². The first-order chi connectivity index (χ1) is 6.18. The summed E-state index contributed by atoms with van der Waals surface area (Å²) in [7, 11) is 0. The minimum atomic E-state index is -0.478. The summed E-state index contributed by atoms with van der Waals surface area (Å²) in [4.78, 5) is 10.5. The standard InChI is InChI=1S/C9H17NO3/c1-3-4-5-12-7-13-6-8(2)9(10)11/h6H,3-5,7H2,1-2H3,(H2,10,11). The van der Waals surface area contributed by atoms with E-state index in [1.54, 1.807) is 6.92 Å². The number of hydrogen-bond donors (Lipinski definition) is 1. The number of primary amides is 1. The molecule has 0 fully saturated rings. The van der Waals surface area contributed by atoms with Crippen molar-refractivity contribution in [3.05, 3.63) is 11.8 Å². The average molecular weight is 187 g/mol. The average Bonchev–Trinajstić information content (AvgIpc) is 2.10. The lowest BCUT2D eigenvalue weighted by molar-refractivity contribution is -0.114. The summed E-state index contributed by atoms with van der Waals surface area (Å²) in [5.74, 6) is -0.478. The van der Waals surface area contributed by atoms with Crippen LogP contribution in [0.15, 0.2) is 11.8 Å². The van der Waals surface area contributed by atoms with E-state index in [-0.39, 0.29) is 6.79 Å². The quantitative estimate of drug-likeness (QED) is 0.281. The first-order valence-electron chi connectivity index (χ1n) is 4.34. The molecule has 0 spiro atoms. The fraction of sp³-hybridized carbons (Fsp3) is 0.667. The van der Waals surface area contributed by atoms with E-state index < -0.39 is 5.91 Å². The molecule has 0 aliphatic rings. The molecule has 13 heavy (non-hydrogen) atoms. The lowest BCUT2D eigenvalue weighted by Gasteiger charge is -2.02. The van der Waals surface area contributed by atoms with Gasteiger partial charge in [0.1, 0.15) is 0 Å². The van der Waals surface area contributed by atoms with Crippen molar-refractivity contribution >= 4 is 5.91 Å². The summed E-state index contributed by atoms with van der Waals surface area (Å²) in [6.07, 6.45) is 3.42. The second-order valence-electron chi connectivity index (χ2n) is 2.71. The number of amides is 1. The maximum absolute atomic E-state index is 10.5. The van der Waals surface area contributed by atoms with E-state index in [0.29, 0.717) is 12.2 Å². The molecule has 0 saturated heterocycles. The van der Waals surface area contributed by atoms with Crippen molar-refractivity contribution in [2.45, 2.75) is 26.7 Å². The topological polar surface area (TPSA) is 61.6 Å². The molecule has 0 aliphatic carbocycles. The predicted molar refractivity (Wildman–Crippen MR) is 49.8 cm³/mol. The van der Waals surface area contributed by atoms with E-state index in [9.17, 15) is 4.79 Å². The predicted octanol–water partition coefficient (Wildman–Crippen LogP) is 1.17. The third-order valence-electron chi connectivity index (χ3n) is 1.44. The summed E-state index contributed by atoms with van der Waals surface area (Å²) in [6.45, 7) is 4.53. The molecule has 0 atom stereocenters. The van der Waals surface area contributed by atoms with Crippen LogP contribution >= 0.6 is 0 Å². The second kappa shape index (κ2) is 7.61. The van der Waals surface area contributed by atoms with Gasteiger partial charge in [0.05, 0.1) is 12.9 Å². The van der Waals surface area contributed by atoms with Gasteiger partial charge in [-0.1, -0.05) is 13.3 Å². The Morgan fingerprint density at radius 1 is 1.54 bits per heavy atom. The number of ether oxygens (including phenoxy) is 2. The van der Waals surface area contributed by atoms with Crippen LogP contribution in [0.5, 0.6) is 0 Å². The van der Waals surface area contributed by atoms with Crippen LogP contribution in [-0.2, 0) is 14.3 Å². The third-order valence-corrected chi connectivity index (χ3v) is 1.44. The summed E-state index contributed by atoms with van der Waals surface area (Å²) in [5.41, 5.74) is 5.36. The third kappa shape index (κ3) is 7.33. The highest BCUT2D eigenvalue weighted by atomic mass is 16.7. The minimum Gasteiger partial charge on any atom is -0.475 e. The van der Waals surface area contributed by atoms with Crippen LogP contribution in [0, 0.1) is 0 Å². The molecule has 0 rings (SSSR count). The van der Waals surface area contributed by atoms with Gasteiger partial charge in [0.15, 0.2) is 6.79 Å². The van der Waals surface area contributed by atoms with Crippen molar-refractivity contribution in [3.8, 4) is 0 Å². The molecule has 0 unspecified atom stereocenters. The zero-order chi connectivity index (χ0) is 10.1. The first kappa shape index (κ1) is 12.0. The van der Waals surface area contributed by atoms with Gasteiger partial charge in [-0.2, -0.15) is 0 Å². The second-order valence-corrected chi connectivity index (χ2v) is 2.71. The maximum Gasteiger partial charge on any atom is 0.247 e. The lowest BCUT2D eigenvalue weighted by Crippen LogP contribution is -2.12. The summed E-state index contributed by atoms with van der Waals surface area (Å²) < 4.78 is 10.0. The van der Waals surface area contributed by atoms with Gasteiger partial charge in [-0.05, 0) is 13.3 Å². The van der Waals surface area contributed by atoms with Crippen LogP contribution in [0.2, 0.25) is 0 Å². The normalized spacial score (nSPS) is 11.4. The molecule has 0 heterocycles. The molecule has 0 saturated carbocycles. The molecule has 0 bridgehead atoms. The molecular weight excluding hydrogens is 170 g/mol. The number of hydrogen-bond acceptors (Lipinski definition) is 3. The van der Waals surface area contributed by atoms with Gasteiger partial charge < -0.3 is 15.2 Å². The van der Waals surface area contributed by atoms with Gasteiger partial charge in [-0.15, -0.1) is 0 Å². The van der Waals surface area contributed by atoms with Crippen LogP contribution in [0.1, 0.15) is 26.7 Å². The Labute approximate surface area is 78.7 Å². The molecule has 4 nitrogen and oxygen atoms in total. The van der Waals surface area contributed by atoms with Gasteiger partial charge in [0, 0.05) is 5.57 Å². The number of nitrogens with two attached hydrogens (primary N) is 1. The van der Waals surface area contributed by atoms with Crippen LogP contribution < -0.4 is 5.73 Å². The number of carbonyl (C=O) groups excluding carboxylic acids is 1. The lowest BCUT2D eigenvalue weighted by atomic mass is 10.3. The molecule has 1 amide bonds. The van der Waals surface area contributed by atoms with Gasteiger partial charge in [0.2, 0.25) is 5.91 Å². The fourth-order valence-corrected chi connectivity index (χ4v) is 0.571. The molecule has 4 heteroatoms. The number of carbonyl (C=O) groups is 1. The van der Waals surface area contributed by atoms with E-state index >= 15 is 0 Å². The Hall–Kier alpha value is -1.03. The minimum absolute atomic E-state index is 0.171. The summed E-state index contributed by atoms with van der Waals surface area (Å²) in [6, 6.07) is 0. The van der Waals surface area contributed by atoms with Crippen molar-refractivity contribution in [1.29, 1.82) is 0 Å². The van der Waals surface area contributed by atoms with Crippen molar-refractivity contribution in [1.82, 2.24) is 0 Å². The molecule has 0 aromatic carbocycles. The molecule has 0 radical (unpaired) electrons. The Morgan fingerprint density at radius 2 is 2.23 bits per heavy atom. The van der Waals surface area contributed by atoms with Crippen LogP contribution in [-0.4, -0.2) is 19.3 Å². The Morgan fingerprint density at radius 3 is 2.77 bits per heavy atom. The summed E-state index contributed by atoms with van der Waals surface area (Å²) in [5, 5.41) is 0. The molecule has 0 aliphatic heterocycles. The zero-order valence-electron chi connectivity index (χ0n) is 8.21.